The fourth-order valence-corrected chi connectivity index (χ4v) is 5.03. The number of likely N-dealkylation sites (N-methyl/N-ethyl adjacent to an activating group) is 1. The number of carbonyl (C=O) groups excluding carboxylic acids is 1. The van der Waals surface area contributed by atoms with Gasteiger partial charge in [0.2, 0.25) is 5.91 Å². The monoisotopic (exact) mass is 317 g/mol. The predicted molar refractivity (Wildman–Crippen MR) is 82.7 cm³/mol. The molecule has 2 N–H and O–H groups in total. The second-order valence-electron chi connectivity index (χ2n) is 6.36. The van der Waals surface area contributed by atoms with E-state index < -0.39 is 9.84 Å². The first kappa shape index (κ1) is 16.7. The maximum absolute atomic E-state index is 12.3. The first-order valence-electron chi connectivity index (χ1n) is 7.80. The molecule has 6 nitrogen and oxygen atoms in total. The van der Waals surface area contributed by atoms with E-state index in [-0.39, 0.29) is 23.5 Å². The van der Waals surface area contributed by atoms with Gasteiger partial charge < -0.3 is 10.6 Å². The molecule has 0 aromatic carbocycles. The third kappa shape index (κ3) is 4.66. The zero-order chi connectivity index (χ0) is 15.5. The fraction of sp³-hybridized carbons (Fsp3) is 0.929. The van der Waals surface area contributed by atoms with Gasteiger partial charge in [0.15, 0.2) is 9.84 Å². The second-order valence-corrected chi connectivity index (χ2v) is 8.59. The average molecular weight is 317 g/mol. The van der Waals surface area contributed by atoms with Crippen molar-refractivity contribution in [2.24, 2.45) is 11.7 Å². The summed E-state index contributed by atoms with van der Waals surface area (Å²) in [6.45, 7) is 3.02. The molecule has 122 valence electrons. The van der Waals surface area contributed by atoms with E-state index in [0.717, 1.165) is 38.9 Å². The minimum Gasteiger partial charge on any atom is -0.341 e. The summed E-state index contributed by atoms with van der Waals surface area (Å²) in [5.41, 5.74) is 5.58. The van der Waals surface area contributed by atoms with Crippen molar-refractivity contribution in [1.29, 1.82) is 0 Å². The summed E-state index contributed by atoms with van der Waals surface area (Å²) < 4.78 is 23.0. The second kappa shape index (κ2) is 7.07. The van der Waals surface area contributed by atoms with E-state index in [1.807, 2.05) is 0 Å². The van der Waals surface area contributed by atoms with Crippen LogP contribution in [-0.4, -0.2) is 74.9 Å². The van der Waals surface area contributed by atoms with Crippen LogP contribution in [0.5, 0.6) is 0 Å². The Hall–Kier alpha value is -0.660. The Balaban J connectivity index is 1.77. The van der Waals surface area contributed by atoms with E-state index >= 15 is 0 Å². The van der Waals surface area contributed by atoms with Gasteiger partial charge in [-0.3, -0.25) is 9.69 Å². The van der Waals surface area contributed by atoms with Crippen LogP contribution >= 0.6 is 0 Å². The summed E-state index contributed by atoms with van der Waals surface area (Å²) in [6, 6.07) is -0.141. The zero-order valence-corrected chi connectivity index (χ0v) is 13.6. The van der Waals surface area contributed by atoms with E-state index in [1.165, 1.54) is 0 Å². The average Bonchev–Trinajstić information content (AvgIpc) is 2.80. The Morgan fingerprint density at radius 1 is 1.29 bits per heavy atom. The van der Waals surface area contributed by atoms with Crippen molar-refractivity contribution >= 4 is 15.7 Å². The quantitative estimate of drug-likeness (QED) is 0.752. The molecule has 21 heavy (non-hydrogen) atoms. The molecule has 2 heterocycles. The molecule has 2 aliphatic heterocycles. The van der Waals surface area contributed by atoms with Gasteiger partial charge >= 0.3 is 0 Å². The SMILES string of the molecule is CN(C(=O)CN1CCC(CCN)CC1)C1CCS(=O)(=O)C1. The molecular formula is C14H27N3O3S. The summed E-state index contributed by atoms with van der Waals surface area (Å²) >= 11 is 0. The van der Waals surface area contributed by atoms with Gasteiger partial charge in [-0.1, -0.05) is 0 Å². The van der Waals surface area contributed by atoms with Crippen molar-refractivity contribution in [1.82, 2.24) is 9.80 Å². The van der Waals surface area contributed by atoms with Crippen molar-refractivity contribution in [3.63, 3.8) is 0 Å². The number of likely N-dealkylation sites (tertiary alicyclic amines) is 1. The molecule has 1 unspecified atom stereocenters. The summed E-state index contributed by atoms with van der Waals surface area (Å²) in [5, 5.41) is 0. The predicted octanol–water partition coefficient (Wildman–Crippen LogP) is -0.307. The van der Waals surface area contributed by atoms with Crippen LogP contribution < -0.4 is 5.73 Å². The molecule has 1 atom stereocenters. The molecule has 0 spiro atoms. The van der Waals surface area contributed by atoms with Gasteiger partial charge in [0.25, 0.3) is 0 Å². The highest BCUT2D eigenvalue weighted by molar-refractivity contribution is 7.91. The van der Waals surface area contributed by atoms with Gasteiger partial charge in [-0.25, -0.2) is 8.42 Å². The van der Waals surface area contributed by atoms with Gasteiger partial charge in [-0.05, 0) is 51.2 Å². The topological polar surface area (TPSA) is 83.7 Å². The molecule has 0 bridgehead atoms. The van der Waals surface area contributed by atoms with E-state index in [9.17, 15) is 13.2 Å². The number of sulfone groups is 1. The molecule has 0 saturated carbocycles. The lowest BCUT2D eigenvalue weighted by Crippen LogP contribution is -2.46. The molecule has 2 aliphatic rings. The Kier molecular flexibility index (Phi) is 5.62. The highest BCUT2D eigenvalue weighted by Gasteiger charge is 2.33. The van der Waals surface area contributed by atoms with E-state index in [4.69, 9.17) is 5.73 Å². The zero-order valence-electron chi connectivity index (χ0n) is 12.8. The highest BCUT2D eigenvalue weighted by atomic mass is 32.2. The minimum atomic E-state index is -2.94. The maximum Gasteiger partial charge on any atom is 0.236 e. The largest absolute Gasteiger partial charge is 0.341 e. The Morgan fingerprint density at radius 2 is 1.95 bits per heavy atom. The normalized spacial score (nSPS) is 26.9. The Morgan fingerprint density at radius 3 is 2.48 bits per heavy atom. The van der Waals surface area contributed by atoms with Gasteiger partial charge in [-0.15, -0.1) is 0 Å². The number of hydrogen-bond donors (Lipinski definition) is 1. The molecular weight excluding hydrogens is 290 g/mol. The van der Waals surface area contributed by atoms with Crippen LogP contribution in [-0.2, 0) is 14.6 Å². The summed E-state index contributed by atoms with van der Waals surface area (Å²) in [6.07, 6.45) is 3.85. The molecule has 0 aromatic heterocycles. The van der Waals surface area contributed by atoms with E-state index in [0.29, 0.717) is 18.9 Å². The van der Waals surface area contributed by atoms with E-state index in [1.54, 1.807) is 11.9 Å². The summed E-state index contributed by atoms with van der Waals surface area (Å²) in [7, 11) is -1.21. The van der Waals surface area contributed by atoms with Gasteiger partial charge in [-0.2, -0.15) is 0 Å². The smallest absolute Gasteiger partial charge is 0.236 e. The lowest BCUT2D eigenvalue weighted by molar-refractivity contribution is -0.133. The van der Waals surface area contributed by atoms with Crippen molar-refractivity contribution in [3.05, 3.63) is 0 Å². The number of hydrogen-bond acceptors (Lipinski definition) is 5. The molecule has 0 aliphatic carbocycles. The van der Waals surface area contributed by atoms with Crippen LogP contribution in [0.2, 0.25) is 0 Å². The standard InChI is InChI=1S/C14H27N3O3S/c1-16(13-5-9-21(19,20)11-13)14(18)10-17-7-3-12(2-6-15)4-8-17/h12-13H,2-11,15H2,1H3. The van der Waals surface area contributed by atoms with E-state index in [2.05, 4.69) is 4.90 Å². The fourth-order valence-electron chi connectivity index (χ4n) is 3.26. The number of rotatable bonds is 5. The highest BCUT2D eigenvalue weighted by Crippen LogP contribution is 2.20. The summed E-state index contributed by atoms with van der Waals surface area (Å²) in [4.78, 5) is 16.1. The van der Waals surface area contributed by atoms with Crippen molar-refractivity contribution in [2.45, 2.75) is 31.7 Å². The lowest BCUT2D eigenvalue weighted by Gasteiger charge is -2.33. The molecule has 2 rings (SSSR count). The first-order chi connectivity index (χ1) is 9.91. The van der Waals surface area contributed by atoms with Gasteiger partial charge in [0.1, 0.15) is 0 Å². The molecule has 2 fully saturated rings. The third-order valence-electron chi connectivity index (χ3n) is 4.79. The Labute approximate surface area is 127 Å². The van der Waals surface area contributed by atoms with Crippen LogP contribution in [0.1, 0.15) is 25.7 Å². The van der Waals surface area contributed by atoms with Crippen LogP contribution in [0, 0.1) is 5.92 Å². The third-order valence-corrected chi connectivity index (χ3v) is 6.54. The summed E-state index contributed by atoms with van der Waals surface area (Å²) in [5.74, 6) is 1.06. The first-order valence-corrected chi connectivity index (χ1v) is 9.62. The minimum absolute atomic E-state index is 0.0365. The van der Waals surface area contributed by atoms with Crippen LogP contribution in [0.15, 0.2) is 0 Å². The van der Waals surface area contributed by atoms with Crippen molar-refractivity contribution in [2.75, 3.05) is 44.7 Å². The van der Waals surface area contributed by atoms with Gasteiger partial charge in [0, 0.05) is 13.1 Å². The van der Waals surface area contributed by atoms with Crippen molar-refractivity contribution in [3.8, 4) is 0 Å². The number of nitrogens with two attached hydrogens (primary N) is 1. The number of amides is 1. The van der Waals surface area contributed by atoms with Crippen LogP contribution in [0.4, 0.5) is 0 Å². The number of nitrogens with zero attached hydrogens (tertiary/aromatic N) is 2. The number of carbonyl (C=O) groups is 1. The Bertz CT molecular complexity index is 458. The molecule has 7 heteroatoms. The van der Waals surface area contributed by atoms with Crippen molar-refractivity contribution < 1.29 is 13.2 Å². The lowest BCUT2D eigenvalue weighted by atomic mass is 9.93. The van der Waals surface area contributed by atoms with Crippen LogP contribution in [0.3, 0.4) is 0 Å². The van der Waals surface area contributed by atoms with Crippen LogP contribution in [0.25, 0.3) is 0 Å². The number of piperidine rings is 1. The maximum atomic E-state index is 12.3. The molecule has 0 radical (unpaired) electrons. The van der Waals surface area contributed by atoms with Gasteiger partial charge in [0.05, 0.1) is 18.1 Å². The molecule has 0 aromatic rings. The molecule has 2 saturated heterocycles. The molecule has 1 amide bonds.